The lowest BCUT2D eigenvalue weighted by molar-refractivity contribution is -0.141. The fourth-order valence-corrected chi connectivity index (χ4v) is 2.31. The van der Waals surface area contributed by atoms with Gasteiger partial charge in [-0.25, -0.2) is 9.48 Å². The van der Waals surface area contributed by atoms with Crippen LogP contribution < -0.4 is 5.32 Å². The lowest BCUT2D eigenvalue weighted by atomic mass is 10.1. The molecule has 110 valence electrons. The van der Waals surface area contributed by atoms with Gasteiger partial charge in [-0.1, -0.05) is 0 Å². The molecule has 1 aliphatic rings. The minimum atomic E-state index is -4.81. The molecule has 0 atom stereocenters. The maximum atomic E-state index is 12.8. The number of hydrogen-bond donors (Lipinski definition) is 2. The van der Waals surface area contributed by atoms with Crippen LogP contribution in [0.2, 0.25) is 0 Å². The van der Waals surface area contributed by atoms with Crippen LogP contribution in [-0.2, 0) is 12.6 Å². The molecule has 2 heterocycles. The number of carboxylic acid groups (broad SMARTS) is 1. The van der Waals surface area contributed by atoms with Gasteiger partial charge in [-0.3, -0.25) is 0 Å². The Hall–Kier alpha value is -2.51. The number of nitrogens with one attached hydrogen (secondary N) is 1. The number of nitrogens with zero attached hydrogens (tertiary/aromatic N) is 2. The number of carbonyl (C=O) groups is 1. The van der Waals surface area contributed by atoms with Gasteiger partial charge < -0.3 is 10.4 Å². The Bertz CT molecular complexity index is 722. The number of fused-ring (bicyclic) bond motifs is 1. The maximum Gasteiger partial charge on any atom is 0.436 e. The molecule has 0 radical (unpaired) electrons. The van der Waals surface area contributed by atoms with Crippen LogP contribution in [-0.4, -0.2) is 27.4 Å². The van der Waals surface area contributed by atoms with Crippen molar-refractivity contribution in [2.75, 3.05) is 11.9 Å². The summed E-state index contributed by atoms with van der Waals surface area (Å²) in [7, 11) is 0. The fraction of sp³-hybridized carbons (Fsp3) is 0.231. The summed E-state index contributed by atoms with van der Waals surface area (Å²) in [5, 5.41) is 15.4. The number of carboxylic acids is 1. The molecule has 1 aromatic heterocycles. The zero-order valence-electron chi connectivity index (χ0n) is 10.6. The van der Waals surface area contributed by atoms with Crippen molar-refractivity contribution in [3.8, 4) is 5.69 Å². The van der Waals surface area contributed by atoms with Crippen LogP contribution in [0, 0.1) is 0 Å². The van der Waals surface area contributed by atoms with Gasteiger partial charge in [-0.2, -0.15) is 18.3 Å². The zero-order valence-corrected chi connectivity index (χ0v) is 10.6. The number of benzene rings is 1. The minimum absolute atomic E-state index is 0.399. The molecule has 0 unspecified atom stereocenters. The Balaban J connectivity index is 2.09. The van der Waals surface area contributed by atoms with Gasteiger partial charge in [0, 0.05) is 18.4 Å². The van der Waals surface area contributed by atoms with Crippen LogP contribution in [0.1, 0.15) is 21.6 Å². The summed E-state index contributed by atoms with van der Waals surface area (Å²) < 4.78 is 39.4. The van der Waals surface area contributed by atoms with Crippen LogP contribution in [0.15, 0.2) is 24.4 Å². The van der Waals surface area contributed by atoms with E-state index in [0.717, 1.165) is 35.1 Å². The van der Waals surface area contributed by atoms with Gasteiger partial charge in [0.15, 0.2) is 5.69 Å². The van der Waals surface area contributed by atoms with Crippen LogP contribution in [0.5, 0.6) is 0 Å². The van der Waals surface area contributed by atoms with Gasteiger partial charge in [0.2, 0.25) is 0 Å². The standard InChI is InChI=1S/C13H10F3N3O2/c14-13(15,16)11-9(12(20)21)6-19(18-11)8-1-2-10-7(5-8)3-4-17-10/h1-2,5-6,17H,3-4H2,(H,20,21). The number of aromatic nitrogens is 2. The Kier molecular flexibility index (Phi) is 2.89. The topological polar surface area (TPSA) is 67.2 Å². The lowest BCUT2D eigenvalue weighted by Crippen LogP contribution is -2.12. The summed E-state index contributed by atoms with van der Waals surface area (Å²) in [5.74, 6) is -1.66. The molecule has 0 aliphatic carbocycles. The molecular formula is C13H10F3N3O2. The second-order valence-electron chi connectivity index (χ2n) is 4.66. The molecule has 1 aromatic carbocycles. The van der Waals surface area contributed by atoms with E-state index in [1.807, 2.05) is 0 Å². The van der Waals surface area contributed by atoms with E-state index in [1.165, 1.54) is 0 Å². The summed E-state index contributed by atoms with van der Waals surface area (Å²) in [6, 6.07) is 5.04. The van der Waals surface area contributed by atoms with Crippen molar-refractivity contribution in [3.05, 3.63) is 41.2 Å². The van der Waals surface area contributed by atoms with Crippen LogP contribution in [0.3, 0.4) is 0 Å². The average molecular weight is 297 g/mol. The molecule has 0 saturated carbocycles. The molecule has 0 bridgehead atoms. The molecule has 0 spiro atoms. The summed E-state index contributed by atoms with van der Waals surface area (Å²) in [6.45, 7) is 0.770. The molecule has 0 amide bonds. The normalized spacial score (nSPS) is 13.9. The van der Waals surface area contributed by atoms with Crippen molar-refractivity contribution in [1.29, 1.82) is 0 Å². The summed E-state index contributed by atoms with van der Waals surface area (Å²) in [5.41, 5.74) is 0.0408. The van der Waals surface area contributed by atoms with Gasteiger partial charge in [-0.05, 0) is 30.2 Å². The molecule has 1 aliphatic heterocycles. The first-order valence-electron chi connectivity index (χ1n) is 6.13. The highest BCUT2D eigenvalue weighted by Crippen LogP contribution is 2.32. The SMILES string of the molecule is O=C(O)c1cn(-c2ccc3c(c2)CCN3)nc1C(F)(F)F. The quantitative estimate of drug-likeness (QED) is 0.894. The highest BCUT2D eigenvalue weighted by Gasteiger charge is 2.39. The van der Waals surface area contributed by atoms with E-state index in [-0.39, 0.29) is 0 Å². The third kappa shape index (κ3) is 2.32. The molecule has 0 fully saturated rings. The number of hydrogen-bond acceptors (Lipinski definition) is 3. The first kappa shape index (κ1) is 13.5. The van der Waals surface area contributed by atoms with E-state index in [2.05, 4.69) is 10.4 Å². The number of alkyl halides is 3. The van der Waals surface area contributed by atoms with Gasteiger partial charge in [0.1, 0.15) is 5.56 Å². The number of anilines is 1. The van der Waals surface area contributed by atoms with Crippen molar-refractivity contribution < 1.29 is 23.1 Å². The molecule has 21 heavy (non-hydrogen) atoms. The number of halogens is 3. The van der Waals surface area contributed by atoms with Crippen molar-refractivity contribution in [2.45, 2.75) is 12.6 Å². The molecule has 5 nitrogen and oxygen atoms in total. The monoisotopic (exact) mass is 297 g/mol. The second kappa shape index (κ2) is 4.51. The van der Waals surface area contributed by atoms with E-state index >= 15 is 0 Å². The predicted molar refractivity (Wildman–Crippen MR) is 67.7 cm³/mol. The Morgan fingerprint density at radius 2 is 2.14 bits per heavy atom. The van der Waals surface area contributed by atoms with Gasteiger partial charge in [0.05, 0.1) is 5.69 Å². The first-order chi connectivity index (χ1) is 9.86. The Labute approximate surface area is 117 Å². The molecule has 3 rings (SSSR count). The molecular weight excluding hydrogens is 287 g/mol. The van der Waals surface area contributed by atoms with Crippen LogP contribution in [0.4, 0.5) is 18.9 Å². The van der Waals surface area contributed by atoms with Gasteiger partial charge >= 0.3 is 12.1 Å². The number of rotatable bonds is 2. The van der Waals surface area contributed by atoms with E-state index in [0.29, 0.717) is 5.69 Å². The van der Waals surface area contributed by atoms with E-state index in [9.17, 15) is 18.0 Å². The smallest absolute Gasteiger partial charge is 0.436 e. The first-order valence-corrected chi connectivity index (χ1v) is 6.13. The summed E-state index contributed by atoms with van der Waals surface area (Å²) in [6.07, 6.45) is -3.16. The van der Waals surface area contributed by atoms with Crippen molar-refractivity contribution in [1.82, 2.24) is 9.78 Å². The zero-order chi connectivity index (χ0) is 15.2. The number of aromatic carboxylic acids is 1. The fourth-order valence-electron chi connectivity index (χ4n) is 2.31. The van der Waals surface area contributed by atoms with Crippen LogP contribution in [0.25, 0.3) is 5.69 Å². The summed E-state index contributed by atoms with van der Waals surface area (Å²) >= 11 is 0. The highest BCUT2D eigenvalue weighted by atomic mass is 19.4. The van der Waals surface area contributed by atoms with Crippen molar-refractivity contribution >= 4 is 11.7 Å². The molecule has 0 saturated heterocycles. The lowest BCUT2D eigenvalue weighted by Gasteiger charge is -2.05. The van der Waals surface area contributed by atoms with Crippen molar-refractivity contribution in [3.63, 3.8) is 0 Å². The van der Waals surface area contributed by atoms with Crippen LogP contribution >= 0.6 is 0 Å². The van der Waals surface area contributed by atoms with Crippen molar-refractivity contribution in [2.24, 2.45) is 0 Å². The van der Waals surface area contributed by atoms with E-state index < -0.39 is 23.4 Å². The molecule has 8 heteroatoms. The average Bonchev–Trinajstić information content (AvgIpc) is 3.03. The molecule has 2 N–H and O–H groups in total. The van der Waals surface area contributed by atoms with Gasteiger partial charge in [-0.15, -0.1) is 0 Å². The second-order valence-corrected chi connectivity index (χ2v) is 4.66. The highest BCUT2D eigenvalue weighted by molar-refractivity contribution is 5.89. The predicted octanol–water partition coefficient (Wildman–Crippen LogP) is 2.56. The third-order valence-electron chi connectivity index (χ3n) is 3.28. The largest absolute Gasteiger partial charge is 0.478 e. The Morgan fingerprint density at radius 3 is 2.76 bits per heavy atom. The summed E-state index contributed by atoms with van der Waals surface area (Å²) in [4.78, 5) is 10.9. The van der Waals surface area contributed by atoms with Gasteiger partial charge in [0.25, 0.3) is 0 Å². The van der Waals surface area contributed by atoms with E-state index in [1.54, 1.807) is 18.2 Å². The Morgan fingerprint density at radius 1 is 1.38 bits per heavy atom. The molecule has 2 aromatic rings. The maximum absolute atomic E-state index is 12.8. The van der Waals surface area contributed by atoms with E-state index in [4.69, 9.17) is 5.11 Å². The third-order valence-corrected chi connectivity index (χ3v) is 3.28. The minimum Gasteiger partial charge on any atom is -0.478 e.